The number of furan rings is 1. The van der Waals surface area contributed by atoms with E-state index in [2.05, 4.69) is 26.0 Å². The Morgan fingerprint density at radius 2 is 2.33 bits per heavy atom. The summed E-state index contributed by atoms with van der Waals surface area (Å²) in [5.41, 5.74) is 6.47. The molecule has 0 saturated carbocycles. The molecule has 18 heavy (non-hydrogen) atoms. The molecule has 0 aromatic carbocycles. The van der Waals surface area contributed by atoms with Crippen molar-refractivity contribution in [1.82, 2.24) is 19.2 Å². The summed E-state index contributed by atoms with van der Waals surface area (Å²) < 4.78 is 9.85. The maximum absolute atomic E-state index is 5.55. The van der Waals surface area contributed by atoms with Crippen LogP contribution >= 0.6 is 15.9 Å². The van der Waals surface area contributed by atoms with Gasteiger partial charge in [-0.05, 0) is 34.6 Å². The minimum Gasteiger partial charge on any atom is -0.461 e. The van der Waals surface area contributed by atoms with E-state index in [-0.39, 0.29) is 0 Å². The zero-order chi connectivity index (χ0) is 12.7. The number of aryl methyl sites for hydroxylation is 1. The van der Waals surface area contributed by atoms with Gasteiger partial charge in [0.1, 0.15) is 4.60 Å². The van der Waals surface area contributed by atoms with Gasteiger partial charge < -0.3 is 10.2 Å². The SMILES string of the molecule is Cn1c(-c2ccco2)nn2c(Br)c(CCN)nc12. The highest BCUT2D eigenvalue weighted by Gasteiger charge is 2.18. The van der Waals surface area contributed by atoms with Crippen molar-refractivity contribution < 1.29 is 4.42 Å². The number of rotatable bonds is 3. The molecule has 0 aliphatic heterocycles. The van der Waals surface area contributed by atoms with E-state index >= 15 is 0 Å². The number of hydrogen-bond acceptors (Lipinski definition) is 4. The fourth-order valence-electron chi connectivity index (χ4n) is 1.90. The summed E-state index contributed by atoms with van der Waals surface area (Å²) in [5.74, 6) is 2.22. The first-order valence-electron chi connectivity index (χ1n) is 5.56. The van der Waals surface area contributed by atoms with Gasteiger partial charge in [0.2, 0.25) is 5.78 Å². The fourth-order valence-corrected chi connectivity index (χ4v) is 2.43. The molecule has 0 radical (unpaired) electrons. The van der Waals surface area contributed by atoms with Gasteiger partial charge in [-0.3, -0.25) is 4.57 Å². The summed E-state index contributed by atoms with van der Waals surface area (Å²) in [6, 6.07) is 3.71. The molecule has 0 saturated heterocycles. The Kier molecular flexibility index (Phi) is 2.71. The lowest BCUT2D eigenvalue weighted by atomic mass is 10.3. The lowest BCUT2D eigenvalue weighted by molar-refractivity contribution is 0.573. The highest BCUT2D eigenvalue weighted by molar-refractivity contribution is 9.10. The molecule has 0 amide bonds. The van der Waals surface area contributed by atoms with Crippen molar-refractivity contribution >= 4 is 21.7 Å². The second kappa shape index (κ2) is 4.25. The Bertz CT molecular complexity index is 682. The molecule has 0 aliphatic rings. The van der Waals surface area contributed by atoms with E-state index in [0.29, 0.717) is 6.54 Å². The first kappa shape index (κ1) is 11.5. The molecule has 0 bridgehead atoms. The zero-order valence-electron chi connectivity index (χ0n) is 9.80. The number of hydrogen-bond donors (Lipinski definition) is 1. The molecule has 94 valence electrons. The van der Waals surface area contributed by atoms with Crippen LogP contribution in [0.1, 0.15) is 5.69 Å². The fraction of sp³-hybridized carbons (Fsp3) is 0.273. The predicted octanol–water partition coefficient (Wildman–Crippen LogP) is 1.59. The molecule has 0 atom stereocenters. The van der Waals surface area contributed by atoms with Crippen molar-refractivity contribution in [2.24, 2.45) is 12.8 Å². The Labute approximate surface area is 112 Å². The van der Waals surface area contributed by atoms with E-state index in [1.165, 1.54) is 0 Å². The molecule has 0 fully saturated rings. The van der Waals surface area contributed by atoms with Crippen molar-refractivity contribution in [3.05, 3.63) is 28.7 Å². The van der Waals surface area contributed by atoms with Gasteiger partial charge in [-0.25, -0.2) is 4.98 Å². The quantitative estimate of drug-likeness (QED) is 0.797. The molecule has 6 nitrogen and oxygen atoms in total. The van der Waals surface area contributed by atoms with E-state index in [9.17, 15) is 0 Å². The highest BCUT2D eigenvalue weighted by Crippen LogP contribution is 2.24. The lowest BCUT2D eigenvalue weighted by Gasteiger charge is -1.96. The third-order valence-corrected chi connectivity index (χ3v) is 3.58. The minimum absolute atomic E-state index is 0.563. The molecular weight excluding hydrogens is 298 g/mol. The molecule has 0 aliphatic carbocycles. The van der Waals surface area contributed by atoms with E-state index in [0.717, 1.165) is 34.1 Å². The van der Waals surface area contributed by atoms with Crippen LogP contribution in [0, 0.1) is 0 Å². The van der Waals surface area contributed by atoms with E-state index in [4.69, 9.17) is 10.2 Å². The number of fused-ring (bicyclic) bond motifs is 1. The number of halogens is 1. The zero-order valence-corrected chi connectivity index (χ0v) is 11.4. The first-order valence-corrected chi connectivity index (χ1v) is 6.35. The monoisotopic (exact) mass is 309 g/mol. The van der Waals surface area contributed by atoms with E-state index < -0.39 is 0 Å². The summed E-state index contributed by atoms with van der Waals surface area (Å²) in [6.45, 7) is 0.563. The van der Waals surface area contributed by atoms with Crippen LogP contribution in [0.25, 0.3) is 17.4 Å². The van der Waals surface area contributed by atoms with Crippen LogP contribution in [0.15, 0.2) is 27.4 Å². The Morgan fingerprint density at radius 1 is 1.50 bits per heavy atom. The second-order valence-corrected chi connectivity index (χ2v) is 4.71. The average Bonchev–Trinajstić information content (AvgIpc) is 3.02. The summed E-state index contributed by atoms with van der Waals surface area (Å²) in [5, 5.41) is 4.49. The van der Waals surface area contributed by atoms with Crippen LogP contribution in [0.2, 0.25) is 0 Å². The molecule has 3 heterocycles. The number of nitrogens with zero attached hydrogens (tertiary/aromatic N) is 4. The highest BCUT2D eigenvalue weighted by atomic mass is 79.9. The van der Waals surface area contributed by atoms with Crippen molar-refractivity contribution in [3.63, 3.8) is 0 Å². The van der Waals surface area contributed by atoms with Gasteiger partial charge in [-0.1, -0.05) is 0 Å². The lowest BCUT2D eigenvalue weighted by Crippen LogP contribution is -2.04. The molecule has 3 rings (SSSR count). The topological polar surface area (TPSA) is 74.3 Å². The smallest absolute Gasteiger partial charge is 0.233 e. The summed E-state index contributed by atoms with van der Waals surface area (Å²) >= 11 is 3.50. The van der Waals surface area contributed by atoms with Gasteiger partial charge in [0.05, 0.1) is 12.0 Å². The third kappa shape index (κ3) is 1.58. The average molecular weight is 310 g/mol. The normalized spacial score (nSPS) is 11.5. The van der Waals surface area contributed by atoms with Crippen molar-refractivity contribution in [2.75, 3.05) is 6.54 Å². The van der Waals surface area contributed by atoms with Crippen LogP contribution in [-0.4, -0.2) is 25.7 Å². The van der Waals surface area contributed by atoms with Gasteiger partial charge in [-0.15, -0.1) is 5.10 Å². The predicted molar refractivity (Wildman–Crippen MR) is 70.1 cm³/mol. The van der Waals surface area contributed by atoms with Gasteiger partial charge in [0.25, 0.3) is 0 Å². The van der Waals surface area contributed by atoms with Crippen molar-refractivity contribution in [3.8, 4) is 11.6 Å². The molecule has 0 unspecified atom stereocenters. The summed E-state index contributed by atoms with van der Waals surface area (Å²) in [7, 11) is 1.91. The Morgan fingerprint density at radius 3 is 2.94 bits per heavy atom. The third-order valence-electron chi connectivity index (χ3n) is 2.78. The van der Waals surface area contributed by atoms with E-state index in [1.807, 2.05) is 23.7 Å². The molecule has 2 N–H and O–H groups in total. The minimum atomic E-state index is 0.563. The summed E-state index contributed by atoms with van der Waals surface area (Å²) in [6.07, 6.45) is 2.35. The maximum Gasteiger partial charge on any atom is 0.233 e. The standard InChI is InChI=1S/C11H12BrN5O/c1-16-10(8-3-2-6-18-8)15-17-9(12)7(4-5-13)14-11(16)17/h2-3,6H,4-5,13H2,1H3. The number of imidazole rings is 1. The Hall–Kier alpha value is -1.60. The summed E-state index contributed by atoms with van der Waals surface area (Å²) in [4.78, 5) is 4.53. The molecule has 3 aromatic heterocycles. The molecular formula is C11H12BrN5O. The van der Waals surface area contributed by atoms with Gasteiger partial charge in [-0.2, -0.15) is 4.52 Å². The van der Waals surface area contributed by atoms with Gasteiger partial charge >= 0.3 is 0 Å². The van der Waals surface area contributed by atoms with Crippen molar-refractivity contribution in [2.45, 2.75) is 6.42 Å². The molecule has 7 heteroatoms. The molecule has 0 spiro atoms. The van der Waals surface area contributed by atoms with Crippen LogP contribution in [0.3, 0.4) is 0 Å². The van der Waals surface area contributed by atoms with Crippen molar-refractivity contribution in [1.29, 1.82) is 0 Å². The Balaban J connectivity index is 2.19. The van der Waals surface area contributed by atoms with Crippen LogP contribution in [0.5, 0.6) is 0 Å². The molecule has 3 aromatic rings. The number of aromatic nitrogens is 4. The second-order valence-electron chi connectivity index (χ2n) is 3.96. The van der Waals surface area contributed by atoms with Crippen LogP contribution in [0.4, 0.5) is 0 Å². The van der Waals surface area contributed by atoms with Gasteiger partial charge in [0, 0.05) is 13.5 Å². The van der Waals surface area contributed by atoms with Crippen LogP contribution < -0.4 is 5.73 Å². The van der Waals surface area contributed by atoms with Gasteiger partial charge in [0.15, 0.2) is 11.6 Å². The maximum atomic E-state index is 5.55. The first-order chi connectivity index (χ1) is 8.72. The van der Waals surface area contributed by atoms with E-state index in [1.54, 1.807) is 10.8 Å². The largest absolute Gasteiger partial charge is 0.461 e. The number of nitrogens with two attached hydrogens (primary N) is 1. The van der Waals surface area contributed by atoms with Crippen LogP contribution in [-0.2, 0) is 13.5 Å².